The number of nitrogens with zero attached hydrogens (tertiary/aromatic N) is 2. The van der Waals surface area contributed by atoms with Gasteiger partial charge in [0.25, 0.3) is 11.1 Å². The number of benzene rings is 3. The molecule has 0 radical (unpaired) electrons. The molecule has 0 aromatic heterocycles. The predicted molar refractivity (Wildman–Crippen MR) is 147 cm³/mol. The number of ether oxygens (including phenoxy) is 3. The van der Waals surface area contributed by atoms with Crippen LogP contribution in [0.4, 0.5) is 4.79 Å². The zero-order valence-electron chi connectivity index (χ0n) is 20.9. The molecule has 8 heteroatoms. The van der Waals surface area contributed by atoms with E-state index >= 15 is 0 Å². The van der Waals surface area contributed by atoms with Gasteiger partial charge in [0.05, 0.1) is 30.2 Å². The lowest BCUT2D eigenvalue weighted by Crippen LogP contribution is -2.32. The summed E-state index contributed by atoms with van der Waals surface area (Å²) in [6.07, 6.45) is 3.91. The number of carbonyl (C=O) groups is 2. The topological polar surface area (TPSA) is 88.9 Å². The van der Waals surface area contributed by atoms with Crippen LogP contribution in [0, 0.1) is 11.3 Å². The third-order valence-corrected chi connectivity index (χ3v) is 6.65. The Bertz CT molecular complexity index is 1410. The zero-order valence-corrected chi connectivity index (χ0v) is 21.7. The van der Waals surface area contributed by atoms with Crippen molar-refractivity contribution < 1.29 is 23.8 Å². The predicted octanol–water partition coefficient (Wildman–Crippen LogP) is 5.99. The van der Waals surface area contributed by atoms with Crippen molar-refractivity contribution in [2.45, 2.75) is 13.0 Å². The Morgan fingerprint density at radius 3 is 2.53 bits per heavy atom. The van der Waals surface area contributed by atoms with Crippen molar-refractivity contribution in [3.8, 4) is 23.3 Å². The van der Waals surface area contributed by atoms with E-state index < -0.39 is 0 Å². The number of carbonyl (C=O) groups excluding carboxylic acids is 2. The molecule has 7 nitrogen and oxygen atoms in total. The van der Waals surface area contributed by atoms with Gasteiger partial charge in [-0.15, -0.1) is 6.58 Å². The van der Waals surface area contributed by atoms with Gasteiger partial charge >= 0.3 is 0 Å². The van der Waals surface area contributed by atoms with Gasteiger partial charge in [0.15, 0.2) is 11.5 Å². The van der Waals surface area contributed by atoms with Crippen molar-refractivity contribution in [1.29, 1.82) is 5.26 Å². The summed E-state index contributed by atoms with van der Waals surface area (Å²) in [6, 6.07) is 22.3. The smallest absolute Gasteiger partial charge is 0.293 e. The second kappa shape index (κ2) is 12.7. The summed E-state index contributed by atoms with van der Waals surface area (Å²) < 4.78 is 17.4. The van der Waals surface area contributed by atoms with E-state index in [0.29, 0.717) is 39.7 Å². The van der Waals surface area contributed by atoms with Crippen LogP contribution in [0.2, 0.25) is 0 Å². The van der Waals surface area contributed by atoms with Crippen LogP contribution in [0.15, 0.2) is 84.3 Å². The number of nitriles is 1. The van der Waals surface area contributed by atoms with Crippen molar-refractivity contribution in [3.63, 3.8) is 0 Å². The summed E-state index contributed by atoms with van der Waals surface area (Å²) >= 11 is 0.892. The highest BCUT2D eigenvalue weighted by Gasteiger charge is 2.35. The highest BCUT2D eigenvalue weighted by atomic mass is 32.2. The Morgan fingerprint density at radius 1 is 1.03 bits per heavy atom. The van der Waals surface area contributed by atoms with Crippen LogP contribution in [0.3, 0.4) is 0 Å². The first-order chi connectivity index (χ1) is 18.5. The Morgan fingerprint density at radius 2 is 1.79 bits per heavy atom. The summed E-state index contributed by atoms with van der Waals surface area (Å²) in [4.78, 5) is 27.0. The molecule has 3 aromatic rings. The molecule has 0 aliphatic carbocycles. The van der Waals surface area contributed by atoms with Crippen molar-refractivity contribution in [2.75, 3.05) is 20.3 Å². The second-order valence-electron chi connectivity index (χ2n) is 8.26. The van der Waals surface area contributed by atoms with E-state index in [9.17, 15) is 14.9 Å². The molecule has 38 heavy (non-hydrogen) atoms. The molecule has 0 spiro atoms. The molecule has 1 saturated heterocycles. The SMILES string of the molecule is C=CCc1cc(/C=C2/SC(=O)N(CCOc3ccccc3)C2=O)cc(OC)c1OCc1ccccc1C#N. The number of hydrogen-bond acceptors (Lipinski definition) is 7. The van der Waals surface area contributed by atoms with Gasteiger partial charge in [-0.25, -0.2) is 0 Å². The molecule has 0 N–H and O–H groups in total. The lowest BCUT2D eigenvalue weighted by Gasteiger charge is -2.16. The lowest BCUT2D eigenvalue weighted by molar-refractivity contribution is -0.123. The third-order valence-electron chi connectivity index (χ3n) is 5.75. The molecule has 0 atom stereocenters. The maximum absolute atomic E-state index is 13.0. The van der Waals surface area contributed by atoms with Gasteiger partial charge in [-0.05, 0) is 60.2 Å². The Hall–Kier alpha value is -4.48. The molecule has 0 saturated carbocycles. The van der Waals surface area contributed by atoms with Crippen molar-refractivity contribution in [1.82, 2.24) is 4.90 Å². The van der Waals surface area contributed by atoms with Crippen LogP contribution in [0.25, 0.3) is 6.08 Å². The summed E-state index contributed by atoms with van der Waals surface area (Å²) in [7, 11) is 1.54. The summed E-state index contributed by atoms with van der Waals surface area (Å²) in [5.74, 6) is 1.31. The van der Waals surface area contributed by atoms with Gasteiger partial charge in [-0.2, -0.15) is 5.26 Å². The number of para-hydroxylation sites is 1. The molecule has 1 fully saturated rings. The number of hydrogen-bond donors (Lipinski definition) is 0. The molecule has 1 heterocycles. The van der Waals surface area contributed by atoms with Gasteiger partial charge in [0.1, 0.15) is 19.0 Å². The minimum absolute atomic E-state index is 0.152. The number of thioether (sulfide) groups is 1. The van der Waals surface area contributed by atoms with Crippen LogP contribution in [0.5, 0.6) is 17.2 Å². The molecule has 0 unspecified atom stereocenters. The van der Waals surface area contributed by atoms with Crippen LogP contribution in [0.1, 0.15) is 22.3 Å². The fourth-order valence-corrected chi connectivity index (χ4v) is 4.78. The van der Waals surface area contributed by atoms with Gasteiger partial charge in [0, 0.05) is 11.1 Å². The number of rotatable bonds is 11. The normalized spacial score (nSPS) is 13.9. The van der Waals surface area contributed by atoms with E-state index in [4.69, 9.17) is 14.2 Å². The lowest BCUT2D eigenvalue weighted by atomic mass is 10.0. The average molecular weight is 527 g/mol. The highest BCUT2D eigenvalue weighted by Crippen LogP contribution is 2.37. The standard InChI is InChI=1S/C30H26N2O5S/c1-3-9-22-16-21(17-26(35-2)28(22)37-20-24-11-8-7-10-23(24)19-31)18-27-29(33)32(30(34)38-27)14-15-36-25-12-5-4-6-13-25/h3-8,10-13,16-18H,1,9,14-15,20H2,2H3/b27-18+. The first-order valence-electron chi connectivity index (χ1n) is 11.9. The molecule has 192 valence electrons. The molecule has 2 amide bonds. The van der Waals surface area contributed by atoms with E-state index in [-0.39, 0.29) is 30.9 Å². The van der Waals surface area contributed by atoms with Gasteiger partial charge < -0.3 is 14.2 Å². The quantitative estimate of drug-likeness (QED) is 0.224. The monoisotopic (exact) mass is 526 g/mol. The summed E-state index contributed by atoms with van der Waals surface area (Å²) in [5.41, 5.74) is 2.79. The average Bonchev–Trinajstić information content (AvgIpc) is 3.20. The molecule has 1 aliphatic rings. The fourth-order valence-electron chi connectivity index (χ4n) is 3.91. The first-order valence-corrected chi connectivity index (χ1v) is 12.7. The summed E-state index contributed by atoms with van der Waals surface area (Å²) in [6.45, 7) is 4.38. The molecule has 3 aromatic carbocycles. The fraction of sp³-hybridized carbons (Fsp3) is 0.167. The third kappa shape index (κ3) is 6.25. The first kappa shape index (κ1) is 26.6. The largest absolute Gasteiger partial charge is 0.493 e. The Labute approximate surface area is 225 Å². The van der Waals surface area contributed by atoms with E-state index in [0.717, 1.165) is 22.9 Å². The minimum Gasteiger partial charge on any atom is -0.493 e. The van der Waals surface area contributed by atoms with Crippen LogP contribution in [-0.2, 0) is 17.8 Å². The second-order valence-corrected chi connectivity index (χ2v) is 9.25. The van der Waals surface area contributed by atoms with Gasteiger partial charge in [0.2, 0.25) is 0 Å². The van der Waals surface area contributed by atoms with Crippen molar-refractivity contribution in [3.05, 3.63) is 107 Å². The zero-order chi connectivity index (χ0) is 26.9. The van der Waals surface area contributed by atoms with E-state index in [1.165, 1.54) is 12.0 Å². The number of allylic oxidation sites excluding steroid dienone is 1. The maximum Gasteiger partial charge on any atom is 0.293 e. The van der Waals surface area contributed by atoms with Crippen LogP contribution < -0.4 is 14.2 Å². The molecule has 0 bridgehead atoms. The molecular formula is C30H26N2O5S. The van der Waals surface area contributed by atoms with E-state index in [2.05, 4.69) is 12.6 Å². The Kier molecular flexibility index (Phi) is 8.85. The van der Waals surface area contributed by atoms with Crippen LogP contribution >= 0.6 is 11.8 Å². The minimum atomic E-state index is -0.366. The number of amides is 2. The van der Waals surface area contributed by atoms with Crippen LogP contribution in [-0.4, -0.2) is 36.3 Å². The number of methoxy groups -OCH3 is 1. The van der Waals surface area contributed by atoms with E-state index in [1.54, 1.807) is 30.4 Å². The molecule has 1 aliphatic heterocycles. The maximum atomic E-state index is 13.0. The van der Waals surface area contributed by atoms with Gasteiger partial charge in [-0.1, -0.05) is 42.5 Å². The van der Waals surface area contributed by atoms with Gasteiger partial charge in [-0.3, -0.25) is 14.5 Å². The van der Waals surface area contributed by atoms with E-state index in [1.807, 2.05) is 48.5 Å². The highest BCUT2D eigenvalue weighted by molar-refractivity contribution is 8.18. The van der Waals surface area contributed by atoms with Crippen molar-refractivity contribution >= 4 is 29.0 Å². The summed E-state index contributed by atoms with van der Waals surface area (Å²) in [5, 5.41) is 9.03. The Balaban J connectivity index is 1.52. The number of imide groups is 1. The molecule has 4 rings (SSSR count). The molecular weight excluding hydrogens is 500 g/mol. The van der Waals surface area contributed by atoms with Crippen molar-refractivity contribution in [2.24, 2.45) is 0 Å².